The summed E-state index contributed by atoms with van der Waals surface area (Å²) in [5, 5.41) is 7.08. The summed E-state index contributed by atoms with van der Waals surface area (Å²) in [5.41, 5.74) is 5.31. The van der Waals surface area contributed by atoms with E-state index in [2.05, 4.69) is 10.6 Å². The van der Waals surface area contributed by atoms with Gasteiger partial charge in [-0.25, -0.2) is 0 Å². The van der Waals surface area contributed by atoms with Crippen molar-refractivity contribution < 1.29 is 14.3 Å². The van der Waals surface area contributed by atoms with Crippen molar-refractivity contribution in [2.24, 2.45) is 5.73 Å². The number of nitrogens with two attached hydrogens (primary N) is 1. The second-order valence-corrected chi connectivity index (χ2v) is 7.79. The maximum atomic E-state index is 12.7. The highest BCUT2D eigenvalue weighted by Crippen LogP contribution is 2.27. The Morgan fingerprint density at radius 3 is 2.52 bits per heavy atom. The number of nitrogens with one attached hydrogen (secondary N) is 2. The largest absolute Gasteiger partial charge is 0.490 e. The van der Waals surface area contributed by atoms with Crippen LogP contribution in [0.15, 0.2) is 18.2 Å². The van der Waals surface area contributed by atoms with Gasteiger partial charge in [-0.3, -0.25) is 9.59 Å². The van der Waals surface area contributed by atoms with Crippen LogP contribution in [0, 0.1) is 0 Å². The molecule has 0 spiro atoms. The lowest BCUT2D eigenvalue weighted by Crippen LogP contribution is -2.48. The zero-order valence-corrected chi connectivity index (χ0v) is 16.4. The number of carbonyl (C=O) groups is 2. The second kappa shape index (κ2) is 9.10. The fourth-order valence-electron chi connectivity index (χ4n) is 3.52. The number of hydrogen-bond donors (Lipinski definition) is 3. The van der Waals surface area contributed by atoms with Gasteiger partial charge in [-0.2, -0.15) is 0 Å². The number of carbonyl (C=O) groups excluding carboxylic acids is 2. The average molecular weight is 415 g/mol. The molecule has 1 unspecified atom stereocenters. The summed E-state index contributed by atoms with van der Waals surface area (Å²) in [6.45, 7) is 1.81. The number of piperidine rings is 1. The first-order valence-electron chi connectivity index (χ1n) is 9.09. The van der Waals surface area contributed by atoms with Crippen LogP contribution >= 0.6 is 23.2 Å². The van der Waals surface area contributed by atoms with Crippen LogP contribution in [0.4, 0.5) is 0 Å². The van der Waals surface area contributed by atoms with E-state index in [0.717, 1.165) is 12.8 Å². The number of amides is 2. The van der Waals surface area contributed by atoms with Crippen molar-refractivity contribution >= 4 is 35.0 Å². The molecule has 148 valence electrons. The Morgan fingerprint density at radius 2 is 1.89 bits per heavy atom. The van der Waals surface area contributed by atoms with E-state index in [1.54, 1.807) is 18.2 Å². The third-order valence-corrected chi connectivity index (χ3v) is 5.31. The van der Waals surface area contributed by atoms with Crippen LogP contribution in [0.5, 0.6) is 5.75 Å². The van der Waals surface area contributed by atoms with Gasteiger partial charge in [-0.15, -0.1) is 0 Å². The maximum Gasteiger partial charge on any atom is 0.239 e. The van der Waals surface area contributed by atoms with E-state index >= 15 is 0 Å². The molecule has 1 aromatic rings. The van der Waals surface area contributed by atoms with Crippen molar-refractivity contribution in [2.75, 3.05) is 26.2 Å². The molecule has 4 N–H and O–H groups in total. The van der Waals surface area contributed by atoms with E-state index in [1.165, 1.54) is 0 Å². The standard InChI is InChI=1S/C18H24Cl2N4O3/c19-11-5-12(20)7-15(6-11)27-14-1-3-24(4-2-14)18(26)16-8-13(10-22-16)23-17(25)9-21/h5-7,13-14,16,22H,1-4,8-10,21H2,(H,23,25)/t13?,16-/m0/s1. The van der Waals surface area contributed by atoms with E-state index in [0.29, 0.717) is 41.8 Å². The fraction of sp³-hybridized carbons (Fsp3) is 0.556. The van der Waals surface area contributed by atoms with E-state index < -0.39 is 0 Å². The van der Waals surface area contributed by atoms with Gasteiger partial charge >= 0.3 is 0 Å². The summed E-state index contributed by atoms with van der Waals surface area (Å²) < 4.78 is 5.96. The molecule has 27 heavy (non-hydrogen) atoms. The monoisotopic (exact) mass is 414 g/mol. The summed E-state index contributed by atoms with van der Waals surface area (Å²) in [6, 6.07) is 4.82. The number of ether oxygens (including phenoxy) is 1. The molecule has 7 nitrogen and oxygen atoms in total. The fourth-order valence-corrected chi connectivity index (χ4v) is 4.03. The molecule has 9 heteroatoms. The first-order chi connectivity index (χ1) is 12.9. The van der Waals surface area contributed by atoms with Gasteiger partial charge in [0.15, 0.2) is 0 Å². The quantitative estimate of drug-likeness (QED) is 0.671. The van der Waals surface area contributed by atoms with Crippen molar-refractivity contribution in [1.29, 1.82) is 0 Å². The molecule has 0 aromatic heterocycles. The number of likely N-dealkylation sites (tertiary alicyclic amines) is 1. The summed E-state index contributed by atoms with van der Waals surface area (Å²) in [4.78, 5) is 25.9. The molecule has 2 saturated heterocycles. The SMILES string of the molecule is NCC(=O)NC1CN[C@H](C(=O)N2CCC(Oc3cc(Cl)cc(Cl)c3)CC2)C1. The van der Waals surface area contributed by atoms with E-state index in [4.69, 9.17) is 33.7 Å². The molecule has 0 saturated carbocycles. The Bertz CT molecular complexity index is 675. The van der Waals surface area contributed by atoms with Gasteiger partial charge in [0.25, 0.3) is 0 Å². The molecule has 2 aliphatic heterocycles. The van der Waals surface area contributed by atoms with Gasteiger partial charge in [0.1, 0.15) is 11.9 Å². The molecule has 1 aromatic carbocycles. The number of nitrogens with zero attached hydrogens (tertiary/aromatic N) is 1. The Hall–Kier alpha value is -1.54. The number of benzene rings is 1. The molecule has 2 atom stereocenters. The summed E-state index contributed by atoms with van der Waals surface area (Å²) in [5.74, 6) is 0.519. The molecule has 0 bridgehead atoms. The van der Waals surface area contributed by atoms with Crippen molar-refractivity contribution in [3.63, 3.8) is 0 Å². The minimum atomic E-state index is -0.266. The normalized spacial score (nSPS) is 23.3. The molecular weight excluding hydrogens is 391 g/mol. The zero-order chi connectivity index (χ0) is 19.4. The molecule has 3 rings (SSSR count). The van der Waals surface area contributed by atoms with Gasteiger partial charge in [0.05, 0.1) is 12.6 Å². The molecule has 2 aliphatic rings. The van der Waals surface area contributed by atoms with Crippen molar-refractivity contribution in [3.05, 3.63) is 28.2 Å². The number of rotatable bonds is 5. The predicted molar refractivity (Wildman–Crippen MR) is 104 cm³/mol. The third-order valence-electron chi connectivity index (χ3n) is 4.87. The molecule has 2 heterocycles. The highest BCUT2D eigenvalue weighted by atomic mass is 35.5. The smallest absolute Gasteiger partial charge is 0.239 e. The summed E-state index contributed by atoms with van der Waals surface area (Å²) >= 11 is 12.0. The summed E-state index contributed by atoms with van der Waals surface area (Å²) in [7, 11) is 0. The Kier molecular flexibility index (Phi) is 6.81. The predicted octanol–water partition coefficient (Wildman–Crippen LogP) is 1.17. The molecule has 0 aliphatic carbocycles. The van der Waals surface area contributed by atoms with Crippen LogP contribution in [0.25, 0.3) is 0 Å². The molecule has 2 amide bonds. The van der Waals surface area contributed by atoms with Gasteiger partial charge in [0.2, 0.25) is 11.8 Å². The van der Waals surface area contributed by atoms with Crippen LogP contribution in [-0.2, 0) is 9.59 Å². The number of hydrogen-bond acceptors (Lipinski definition) is 5. The van der Waals surface area contributed by atoms with E-state index in [-0.39, 0.29) is 36.5 Å². The van der Waals surface area contributed by atoms with Crippen molar-refractivity contribution in [1.82, 2.24) is 15.5 Å². The topological polar surface area (TPSA) is 96.7 Å². The maximum absolute atomic E-state index is 12.7. The van der Waals surface area contributed by atoms with Gasteiger partial charge in [0, 0.05) is 48.6 Å². The zero-order valence-electron chi connectivity index (χ0n) is 14.9. The van der Waals surface area contributed by atoms with Crippen LogP contribution < -0.4 is 21.1 Å². The van der Waals surface area contributed by atoms with Crippen molar-refractivity contribution in [2.45, 2.75) is 37.5 Å². The number of halogens is 2. The first kappa shape index (κ1) is 20.2. The molecule has 0 radical (unpaired) electrons. The Labute approximate surface area is 168 Å². The molecule has 2 fully saturated rings. The minimum Gasteiger partial charge on any atom is -0.490 e. The van der Waals surface area contributed by atoms with E-state index in [9.17, 15) is 9.59 Å². The second-order valence-electron chi connectivity index (χ2n) is 6.91. The lowest BCUT2D eigenvalue weighted by Gasteiger charge is -2.33. The Balaban J connectivity index is 1.46. The third kappa shape index (κ3) is 5.48. The average Bonchev–Trinajstić information content (AvgIpc) is 3.09. The van der Waals surface area contributed by atoms with Crippen LogP contribution in [-0.4, -0.2) is 61.1 Å². The van der Waals surface area contributed by atoms with Crippen LogP contribution in [0.1, 0.15) is 19.3 Å². The van der Waals surface area contributed by atoms with E-state index in [1.807, 2.05) is 4.90 Å². The van der Waals surface area contributed by atoms with Gasteiger partial charge < -0.3 is 26.0 Å². The first-order valence-corrected chi connectivity index (χ1v) is 9.84. The van der Waals surface area contributed by atoms with Crippen LogP contribution in [0.3, 0.4) is 0 Å². The molecular formula is C18H24Cl2N4O3. The highest BCUT2D eigenvalue weighted by Gasteiger charge is 2.34. The summed E-state index contributed by atoms with van der Waals surface area (Å²) in [6.07, 6.45) is 2.10. The van der Waals surface area contributed by atoms with Crippen LogP contribution in [0.2, 0.25) is 10.0 Å². The lowest BCUT2D eigenvalue weighted by atomic mass is 10.1. The lowest BCUT2D eigenvalue weighted by molar-refractivity contribution is -0.135. The van der Waals surface area contributed by atoms with Crippen molar-refractivity contribution in [3.8, 4) is 5.75 Å². The minimum absolute atomic E-state index is 0.0247. The Morgan fingerprint density at radius 1 is 1.22 bits per heavy atom. The van der Waals surface area contributed by atoms with Gasteiger partial charge in [-0.1, -0.05) is 23.2 Å². The van der Waals surface area contributed by atoms with Gasteiger partial charge in [-0.05, 0) is 24.6 Å². The highest BCUT2D eigenvalue weighted by molar-refractivity contribution is 6.34.